The highest BCUT2D eigenvalue weighted by atomic mass is 32.2. The van der Waals surface area contributed by atoms with Crippen LogP contribution in [0.1, 0.15) is 23.5 Å². The maximum Gasteiger partial charge on any atom is 0.192 e. The number of methoxy groups -OCH3 is 1. The summed E-state index contributed by atoms with van der Waals surface area (Å²) in [6.07, 6.45) is 1.69. The predicted molar refractivity (Wildman–Crippen MR) is 111 cm³/mol. The van der Waals surface area contributed by atoms with Gasteiger partial charge in [-0.25, -0.2) is 0 Å². The summed E-state index contributed by atoms with van der Waals surface area (Å²) in [4.78, 5) is 0. The summed E-state index contributed by atoms with van der Waals surface area (Å²) in [7, 11) is 1.66. The lowest BCUT2D eigenvalue weighted by Crippen LogP contribution is -2.04. The fourth-order valence-corrected chi connectivity index (χ4v) is 3.96. The largest absolute Gasteiger partial charge is 0.497 e. The van der Waals surface area contributed by atoms with Gasteiger partial charge < -0.3 is 9.15 Å². The van der Waals surface area contributed by atoms with Crippen LogP contribution in [0.25, 0.3) is 11.4 Å². The van der Waals surface area contributed by atoms with Gasteiger partial charge in [0.15, 0.2) is 11.0 Å². The number of nitrogens with zero attached hydrogens (tertiary/aromatic N) is 3. The van der Waals surface area contributed by atoms with Gasteiger partial charge in [0.1, 0.15) is 11.5 Å². The normalized spacial score (nSPS) is 12.1. The van der Waals surface area contributed by atoms with Gasteiger partial charge in [0.05, 0.1) is 19.9 Å². The quantitative estimate of drug-likeness (QED) is 0.392. The summed E-state index contributed by atoms with van der Waals surface area (Å²) in [5, 5.41) is 10.1. The van der Waals surface area contributed by atoms with Crippen LogP contribution >= 0.6 is 11.8 Å². The Labute approximate surface area is 168 Å². The molecule has 0 fully saturated rings. The van der Waals surface area contributed by atoms with Crippen molar-refractivity contribution in [3.63, 3.8) is 0 Å². The zero-order chi connectivity index (χ0) is 19.3. The first-order valence-electron chi connectivity index (χ1n) is 9.06. The summed E-state index contributed by atoms with van der Waals surface area (Å²) in [5.74, 6) is 2.48. The third-order valence-electron chi connectivity index (χ3n) is 4.51. The van der Waals surface area contributed by atoms with E-state index in [1.807, 2.05) is 42.5 Å². The van der Waals surface area contributed by atoms with Crippen LogP contribution < -0.4 is 4.74 Å². The molecule has 6 heteroatoms. The molecule has 0 bridgehead atoms. The molecule has 4 aromatic rings. The summed E-state index contributed by atoms with van der Waals surface area (Å²) < 4.78 is 12.9. The summed E-state index contributed by atoms with van der Waals surface area (Å²) >= 11 is 1.69. The molecule has 0 N–H and O–H groups in total. The predicted octanol–water partition coefficient (Wildman–Crippen LogP) is 5.45. The second kappa shape index (κ2) is 8.35. The van der Waals surface area contributed by atoms with Crippen molar-refractivity contribution in [2.75, 3.05) is 7.11 Å². The molecular formula is C22H21N3O2S. The van der Waals surface area contributed by atoms with E-state index >= 15 is 0 Å². The van der Waals surface area contributed by atoms with E-state index in [2.05, 4.69) is 46.0 Å². The minimum Gasteiger partial charge on any atom is -0.497 e. The van der Waals surface area contributed by atoms with Gasteiger partial charge in [0.25, 0.3) is 0 Å². The van der Waals surface area contributed by atoms with E-state index in [1.54, 1.807) is 25.1 Å². The maximum absolute atomic E-state index is 5.57. The number of thioether (sulfide) groups is 1. The van der Waals surface area contributed by atoms with Crippen molar-refractivity contribution in [1.29, 1.82) is 0 Å². The molecule has 5 nitrogen and oxygen atoms in total. The van der Waals surface area contributed by atoms with Crippen molar-refractivity contribution >= 4 is 11.8 Å². The van der Waals surface area contributed by atoms with Crippen LogP contribution in [-0.4, -0.2) is 21.9 Å². The number of furan rings is 1. The molecular weight excluding hydrogens is 370 g/mol. The zero-order valence-corrected chi connectivity index (χ0v) is 16.6. The van der Waals surface area contributed by atoms with Crippen molar-refractivity contribution in [3.8, 4) is 17.1 Å². The standard InChI is InChI=1S/C22H21N3O2S/c1-16(17-7-4-3-5-8-17)28-22-24-23-21(18-10-12-19(26-2)13-11-18)25(22)15-20-9-6-14-27-20/h3-14,16H,15H2,1-2H3. The second-order valence-corrected chi connectivity index (χ2v) is 7.68. The molecule has 2 aromatic heterocycles. The van der Waals surface area contributed by atoms with Crippen molar-refractivity contribution in [2.45, 2.75) is 23.9 Å². The molecule has 0 aliphatic rings. The van der Waals surface area contributed by atoms with E-state index < -0.39 is 0 Å². The van der Waals surface area contributed by atoms with Crippen LogP contribution in [0, 0.1) is 0 Å². The number of hydrogen-bond donors (Lipinski definition) is 0. The maximum atomic E-state index is 5.57. The first kappa shape index (κ1) is 18.4. The van der Waals surface area contributed by atoms with Gasteiger partial charge in [0, 0.05) is 10.8 Å². The molecule has 28 heavy (non-hydrogen) atoms. The topological polar surface area (TPSA) is 53.1 Å². The molecule has 0 aliphatic heterocycles. The Morgan fingerprint density at radius 3 is 2.46 bits per heavy atom. The van der Waals surface area contributed by atoms with Crippen LogP contribution in [0.15, 0.2) is 82.6 Å². The molecule has 1 atom stereocenters. The van der Waals surface area contributed by atoms with Crippen LogP contribution in [0.5, 0.6) is 5.75 Å². The van der Waals surface area contributed by atoms with Crippen LogP contribution in [-0.2, 0) is 6.54 Å². The van der Waals surface area contributed by atoms with E-state index in [0.29, 0.717) is 6.54 Å². The van der Waals surface area contributed by atoms with Crippen molar-refractivity contribution in [2.24, 2.45) is 0 Å². The molecule has 0 amide bonds. The average molecular weight is 391 g/mol. The minimum absolute atomic E-state index is 0.254. The molecule has 0 spiro atoms. The highest BCUT2D eigenvalue weighted by Gasteiger charge is 2.19. The van der Waals surface area contributed by atoms with Crippen molar-refractivity contribution < 1.29 is 9.15 Å². The number of rotatable bonds is 7. The van der Waals surface area contributed by atoms with E-state index in [9.17, 15) is 0 Å². The Morgan fingerprint density at radius 1 is 1.00 bits per heavy atom. The molecule has 0 aliphatic carbocycles. The summed E-state index contributed by atoms with van der Waals surface area (Å²) in [6.45, 7) is 2.75. The van der Waals surface area contributed by atoms with Crippen LogP contribution in [0.3, 0.4) is 0 Å². The molecule has 0 saturated heterocycles. The highest BCUT2D eigenvalue weighted by molar-refractivity contribution is 7.99. The number of hydrogen-bond acceptors (Lipinski definition) is 5. The highest BCUT2D eigenvalue weighted by Crippen LogP contribution is 2.35. The molecule has 0 radical (unpaired) electrons. The van der Waals surface area contributed by atoms with Gasteiger partial charge in [0.2, 0.25) is 0 Å². The summed E-state index contributed by atoms with van der Waals surface area (Å²) in [6, 6.07) is 22.1. The second-order valence-electron chi connectivity index (χ2n) is 6.37. The van der Waals surface area contributed by atoms with Gasteiger partial charge in [-0.05, 0) is 48.9 Å². The van der Waals surface area contributed by atoms with Crippen LogP contribution in [0.2, 0.25) is 0 Å². The SMILES string of the molecule is COc1ccc(-c2nnc(SC(C)c3ccccc3)n2Cc2ccco2)cc1. The molecule has 4 rings (SSSR count). The Morgan fingerprint density at radius 2 is 1.79 bits per heavy atom. The Bertz CT molecular complexity index is 1010. The average Bonchev–Trinajstić information content (AvgIpc) is 3.40. The third-order valence-corrected chi connectivity index (χ3v) is 5.65. The lowest BCUT2D eigenvalue weighted by molar-refractivity contribution is 0.415. The van der Waals surface area contributed by atoms with E-state index in [1.165, 1.54) is 5.56 Å². The molecule has 0 saturated carbocycles. The fraction of sp³-hybridized carbons (Fsp3) is 0.182. The Kier molecular flexibility index (Phi) is 5.48. The van der Waals surface area contributed by atoms with E-state index in [-0.39, 0.29) is 5.25 Å². The first-order valence-corrected chi connectivity index (χ1v) is 9.94. The molecule has 2 heterocycles. The van der Waals surface area contributed by atoms with Gasteiger partial charge in [-0.2, -0.15) is 0 Å². The Balaban J connectivity index is 1.68. The molecule has 1 unspecified atom stereocenters. The third kappa shape index (κ3) is 3.97. The van der Waals surface area contributed by atoms with E-state index in [0.717, 1.165) is 28.1 Å². The monoisotopic (exact) mass is 391 g/mol. The lowest BCUT2D eigenvalue weighted by atomic mass is 10.2. The smallest absolute Gasteiger partial charge is 0.192 e. The summed E-state index contributed by atoms with van der Waals surface area (Å²) in [5.41, 5.74) is 2.24. The van der Waals surface area contributed by atoms with Gasteiger partial charge >= 0.3 is 0 Å². The van der Waals surface area contributed by atoms with Crippen molar-refractivity contribution in [1.82, 2.24) is 14.8 Å². The van der Waals surface area contributed by atoms with Crippen molar-refractivity contribution in [3.05, 3.63) is 84.3 Å². The van der Waals surface area contributed by atoms with Gasteiger partial charge in [-0.3, -0.25) is 4.57 Å². The Hall–Kier alpha value is -2.99. The first-order chi connectivity index (χ1) is 13.7. The van der Waals surface area contributed by atoms with Gasteiger partial charge in [-0.1, -0.05) is 42.1 Å². The fourth-order valence-electron chi connectivity index (χ4n) is 2.98. The van der Waals surface area contributed by atoms with Gasteiger partial charge in [-0.15, -0.1) is 10.2 Å². The van der Waals surface area contributed by atoms with Crippen LogP contribution in [0.4, 0.5) is 0 Å². The lowest BCUT2D eigenvalue weighted by Gasteiger charge is -2.13. The number of ether oxygens (including phenoxy) is 1. The number of benzene rings is 2. The minimum atomic E-state index is 0.254. The zero-order valence-electron chi connectivity index (χ0n) is 15.8. The molecule has 142 valence electrons. The van der Waals surface area contributed by atoms with E-state index in [4.69, 9.17) is 9.15 Å². The number of aromatic nitrogens is 3. The molecule has 2 aromatic carbocycles.